The van der Waals surface area contributed by atoms with Crippen LogP contribution in [0.2, 0.25) is 0 Å². The van der Waals surface area contributed by atoms with E-state index in [1.807, 2.05) is 13.8 Å². The van der Waals surface area contributed by atoms with E-state index in [2.05, 4.69) is 0 Å². The molecule has 4 heteroatoms. The van der Waals surface area contributed by atoms with Crippen LogP contribution in [-0.4, -0.2) is 25.2 Å². The van der Waals surface area contributed by atoms with E-state index >= 15 is 0 Å². The molecule has 0 saturated heterocycles. The highest BCUT2D eigenvalue weighted by molar-refractivity contribution is 5.95. The fraction of sp³-hybridized carbons (Fsp3) is 0.833. The Hall–Kier alpha value is -1.06. The summed E-state index contributed by atoms with van der Waals surface area (Å²) in [6.07, 6.45) is 0. The lowest BCUT2D eigenvalue weighted by Crippen LogP contribution is -2.32. The molecule has 0 aliphatic carbocycles. The van der Waals surface area contributed by atoms with Gasteiger partial charge in [-0.1, -0.05) is 27.7 Å². The maximum atomic E-state index is 11.7. The summed E-state index contributed by atoms with van der Waals surface area (Å²) in [6.45, 7) is 9.83. The molecule has 0 fully saturated rings. The molecule has 0 N–H and O–H groups in total. The number of ether oxygens (including phenoxy) is 2. The third-order valence-electron chi connectivity index (χ3n) is 2.02. The maximum Gasteiger partial charge on any atom is 0.320 e. The van der Waals surface area contributed by atoms with Crippen LogP contribution < -0.4 is 0 Å². The lowest BCUT2D eigenvalue weighted by molar-refractivity contribution is -0.164. The Morgan fingerprint density at radius 1 is 1.00 bits per heavy atom. The predicted octanol–water partition coefficient (Wildman–Crippen LogP) is 2.02. The van der Waals surface area contributed by atoms with Crippen molar-refractivity contribution in [3.05, 3.63) is 0 Å². The van der Waals surface area contributed by atoms with Crippen LogP contribution in [0.25, 0.3) is 0 Å². The molecular weight excluding hydrogens is 208 g/mol. The topological polar surface area (TPSA) is 52.6 Å². The van der Waals surface area contributed by atoms with Crippen molar-refractivity contribution in [2.24, 2.45) is 17.8 Å². The Labute approximate surface area is 97.3 Å². The number of hydrogen-bond acceptors (Lipinski definition) is 4. The van der Waals surface area contributed by atoms with E-state index in [1.165, 1.54) is 0 Å². The van der Waals surface area contributed by atoms with Crippen molar-refractivity contribution in [3.63, 3.8) is 0 Å². The highest BCUT2D eigenvalue weighted by Gasteiger charge is 2.32. The van der Waals surface area contributed by atoms with Gasteiger partial charge < -0.3 is 9.47 Å². The smallest absolute Gasteiger partial charge is 0.320 e. The van der Waals surface area contributed by atoms with E-state index in [1.54, 1.807) is 20.8 Å². The van der Waals surface area contributed by atoms with Gasteiger partial charge in [-0.25, -0.2) is 0 Å². The van der Waals surface area contributed by atoms with Crippen molar-refractivity contribution in [1.82, 2.24) is 0 Å². The van der Waals surface area contributed by atoms with Crippen LogP contribution in [0.5, 0.6) is 0 Å². The van der Waals surface area contributed by atoms with Gasteiger partial charge in [-0.2, -0.15) is 0 Å². The van der Waals surface area contributed by atoms with Crippen LogP contribution >= 0.6 is 0 Å². The molecule has 16 heavy (non-hydrogen) atoms. The lowest BCUT2D eigenvalue weighted by Gasteiger charge is -2.18. The summed E-state index contributed by atoms with van der Waals surface area (Å²) in [7, 11) is 0. The van der Waals surface area contributed by atoms with Gasteiger partial charge in [0.1, 0.15) is 0 Å². The summed E-state index contributed by atoms with van der Waals surface area (Å²) in [5, 5.41) is 0. The zero-order chi connectivity index (χ0) is 12.7. The quantitative estimate of drug-likeness (QED) is 0.517. The zero-order valence-corrected chi connectivity index (χ0v) is 10.8. The van der Waals surface area contributed by atoms with Crippen LogP contribution in [0.1, 0.15) is 34.6 Å². The molecule has 0 aliphatic heterocycles. The van der Waals surface area contributed by atoms with Crippen LogP contribution in [0, 0.1) is 17.8 Å². The molecule has 1 unspecified atom stereocenters. The molecular formula is C12H22O4. The molecule has 0 bridgehead atoms. The van der Waals surface area contributed by atoms with Gasteiger partial charge in [-0.05, 0) is 18.8 Å². The Morgan fingerprint density at radius 2 is 1.50 bits per heavy atom. The molecule has 0 aliphatic rings. The third kappa shape index (κ3) is 5.14. The van der Waals surface area contributed by atoms with Crippen molar-refractivity contribution in [3.8, 4) is 0 Å². The minimum atomic E-state index is -0.807. The third-order valence-corrected chi connectivity index (χ3v) is 2.02. The summed E-state index contributed by atoms with van der Waals surface area (Å²) < 4.78 is 9.91. The molecule has 0 heterocycles. The van der Waals surface area contributed by atoms with Crippen molar-refractivity contribution in [2.75, 3.05) is 13.2 Å². The van der Waals surface area contributed by atoms with Crippen molar-refractivity contribution >= 4 is 11.9 Å². The Morgan fingerprint density at radius 3 is 1.88 bits per heavy atom. The van der Waals surface area contributed by atoms with Gasteiger partial charge in [0.2, 0.25) is 0 Å². The van der Waals surface area contributed by atoms with Crippen LogP contribution in [0.3, 0.4) is 0 Å². The lowest BCUT2D eigenvalue weighted by atomic mass is 9.96. The average Bonchev–Trinajstić information content (AvgIpc) is 2.14. The van der Waals surface area contributed by atoms with Gasteiger partial charge in [0.25, 0.3) is 0 Å². The first-order chi connectivity index (χ1) is 7.40. The highest BCUT2D eigenvalue weighted by atomic mass is 16.6. The van der Waals surface area contributed by atoms with E-state index in [-0.39, 0.29) is 18.4 Å². The summed E-state index contributed by atoms with van der Waals surface area (Å²) >= 11 is 0. The van der Waals surface area contributed by atoms with Gasteiger partial charge in [-0.3, -0.25) is 9.59 Å². The first-order valence-electron chi connectivity index (χ1n) is 5.73. The van der Waals surface area contributed by atoms with E-state index in [4.69, 9.17) is 9.47 Å². The molecule has 0 aromatic heterocycles. The molecule has 0 radical (unpaired) electrons. The van der Waals surface area contributed by atoms with Crippen molar-refractivity contribution in [1.29, 1.82) is 0 Å². The zero-order valence-electron chi connectivity index (χ0n) is 10.8. The Balaban J connectivity index is 4.41. The molecule has 0 aromatic rings. The van der Waals surface area contributed by atoms with Crippen LogP contribution in [-0.2, 0) is 19.1 Å². The van der Waals surface area contributed by atoms with Crippen LogP contribution in [0.4, 0.5) is 0 Å². The molecule has 0 saturated carbocycles. The minimum Gasteiger partial charge on any atom is -0.465 e. The molecule has 94 valence electrons. The summed E-state index contributed by atoms with van der Waals surface area (Å²) in [6, 6.07) is 0. The molecule has 4 nitrogen and oxygen atoms in total. The number of esters is 2. The van der Waals surface area contributed by atoms with E-state index in [0.717, 1.165) is 0 Å². The fourth-order valence-electron chi connectivity index (χ4n) is 1.21. The number of carbonyl (C=O) groups is 2. The highest BCUT2D eigenvalue weighted by Crippen LogP contribution is 2.15. The summed E-state index contributed by atoms with van der Waals surface area (Å²) in [4.78, 5) is 23.2. The van der Waals surface area contributed by atoms with Crippen molar-refractivity contribution < 1.29 is 19.1 Å². The van der Waals surface area contributed by atoms with Gasteiger partial charge >= 0.3 is 11.9 Å². The first-order valence-corrected chi connectivity index (χ1v) is 5.73. The Kier molecular flexibility index (Phi) is 6.77. The number of rotatable bonds is 6. The molecule has 0 spiro atoms. The maximum absolute atomic E-state index is 11.7. The second kappa shape index (κ2) is 7.25. The van der Waals surface area contributed by atoms with Gasteiger partial charge in [0.05, 0.1) is 13.2 Å². The Bertz CT molecular complexity index is 233. The van der Waals surface area contributed by atoms with Gasteiger partial charge in [-0.15, -0.1) is 0 Å². The fourth-order valence-corrected chi connectivity index (χ4v) is 1.21. The largest absolute Gasteiger partial charge is 0.465 e. The van der Waals surface area contributed by atoms with E-state index < -0.39 is 17.9 Å². The SMILES string of the molecule is CCOC(=O)C(C(=O)OCC(C)C)C(C)C. The summed E-state index contributed by atoms with van der Waals surface area (Å²) in [5.41, 5.74) is 0. The first kappa shape index (κ1) is 14.9. The van der Waals surface area contributed by atoms with Gasteiger partial charge in [0.15, 0.2) is 5.92 Å². The molecule has 0 rings (SSSR count). The number of carbonyl (C=O) groups excluding carboxylic acids is 2. The molecule has 1 atom stereocenters. The molecule has 0 amide bonds. The summed E-state index contributed by atoms with van der Waals surface area (Å²) in [5.74, 6) is -1.63. The second-order valence-electron chi connectivity index (χ2n) is 4.50. The number of hydrogen-bond donors (Lipinski definition) is 0. The minimum absolute atomic E-state index is 0.112. The average molecular weight is 230 g/mol. The van der Waals surface area contributed by atoms with E-state index in [0.29, 0.717) is 6.61 Å². The standard InChI is InChI=1S/C12H22O4/c1-6-15-11(13)10(9(4)5)12(14)16-7-8(2)3/h8-10H,6-7H2,1-5H3. The second-order valence-corrected chi connectivity index (χ2v) is 4.50. The predicted molar refractivity (Wildman–Crippen MR) is 60.8 cm³/mol. The van der Waals surface area contributed by atoms with Gasteiger partial charge in [0, 0.05) is 0 Å². The van der Waals surface area contributed by atoms with E-state index in [9.17, 15) is 9.59 Å². The molecule has 0 aromatic carbocycles. The normalized spacial score (nSPS) is 12.7. The van der Waals surface area contributed by atoms with Crippen molar-refractivity contribution in [2.45, 2.75) is 34.6 Å². The monoisotopic (exact) mass is 230 g/mol. The van der Waals surface area contributed by atoms with Crippen LogP contribution in [0.15, 0.2) is 0 Å².